The molecule has 84 heavy (non-hydrogen) atoms. The SMILES string of the molecule is O=P(c1ccccc1)(c1ccccc1)c1ccc(-c2ccc3ccc4ccc(-c5cc(-c6ccc(P(=O)(c7ccc(-c8ccccc8)cc7)c7ccc(-c8ccccc8)cc7)cc6)c6ccc7cccc8ccc5c6c78)c5ccc2c3c45)cc1. The molecule has 0 heterocycles. The summed E-state index contributed by atoms with van der Waals surface area (Å²) < 4.78 is 31.7. The summed E-state index contributed by atoms with van der Waals surface area (Å²) in [5, 5.41) is 19.3. The van der Waals surface area contributed by atoms with Crippen molar-refractivity contribution >= 4 is 111 Å². The van der Waals surface area contributed by atoms with Crippen molar-refractivity contribution in [1.29, 1.82) is 0 Å². The Labute approximate surface area is 488 Å². The van der Waals surface area contributed by atoms with Gasteiger partial charge in [0.15, 0.2) is 14.3 Å². The van der Waals surface area contributed by atoms with Gasteiger partial charge in [0, 0.05) is 31.8 Å². The molecule has 0 N–H and O–H groups in total. The monoisotopic (exact) mass is 1110 g/mol. The van der Waals surface area contributed by atoms with Gasteiger partial charge in [-0.15, -0.1) is 0 Å². The van der Waals surface area contributed by atoms with Crippen LogP contribution in [-0.4, -0.2) is 0 Å². The Bertz CT molecular complexity index is 5090. The standard InChI is InChI=1S/C80H52O2P2/c81-83(63-20-9-3-10-21-63,64-22-11-4-12-23-64)67-42-30-57(31-43-67)69-46-34-61-24-25-62-35-47-70(72-51-50-71(69)78(61)79(62)72)76-52-75(73-48-36-59-18-13-19-60-37-49-74(76)80(73)77(59)60)58-32-44-68(45-33-58)84(82,65-38-26-55(27-39-65)53-14-5-1-6-15-53)66-40-28-56(29-41-66)54-16-7-2-8-17-54/h1-52H. The normalized spacial score (nSPS) is 12.1. The van der Waals surface area contributed by atoms with E-state index in [0.717, 1.165) is 81.9 Å². The number of rotatable bonds is 11. The number of hydrogen-bond donors (Lipinski definition) is 0. The maximum absolute atomic E-state index is 16.3. The van der Waals surface area contributed by atoms with E-state index in [9.17, 15) is 0 Å². The van der Waals surface area contributed by atoms with Gasteiger partial charge in [-0.25, -0.2) is 0 Å². The van der Waals surface area contributed by atoms with Crippen LogP contribution in [0, 0.1) is 0 Å². The van der Waals surface area contributed by atoms with Crippen LogP contribution in [0.5, 0.6) is 0 Å². The molecule has 16 aromatic carbocycles. The van der Waals surface area contributed by atoms with Gasteiger partial charge in [-0.05, 0) is 126 Å². The van der Waals surface area contributed by atoms with Gasteiger partial charge in [0.1, 0.15) is 0 Å². The quantitative estimate of drug-likeness (QED) is 0.0955. The number of hydrogen-bond acceptors (Lipinski definition) is 2. The van der Waals surface area contributed by atoms with Crippen molar-refractivity contribution in [1.82, 2.24) is 0 Å². The molecule has 0 aliphatic heterocycles. The van der Waals surface area contributed by atoms with Gasteiger partial charge in [0.25, 0.3) is 0 Å². The van der Waals surface area contributed by atoms with Crippen LogP contribution in [-0.2, 0) is 9.13 Å². The van der Waals surface area contributed by atoms with Crippen molar-refractivity contribution in [2.75, 3.05) is 0 Å². The molecule has 0 aliphatic carbocycles. The minimum Gasteiger partial charge on any atom is -0.309 e. The van der Waals surface area contributed by atoms with E-state index in [1.807, 2.05) is 72.8 Å². The largest absolute Gasteiger partial charge is 0.309 e. The molecule has 0 unspecified atom stereocenters. The second-order valence-electron chi connectivity index (χ2n) is 22.1. The Balaban J connectivity index is 0.841. The molecular weight excluding hydrogens is 1050 g/mol. The third-order valence-corrected chi connectivity index (χ3v) is 23.8. The van der Waals surface area contributed by atoms with E-state index < -0.39 is 14.3 Å². The minimum atomic E-state index is -3.39. The Morgan fingerprint density at radius 3 is 0.929 bits per heavy atom. The van der Waals surface area contributed by atoms with E-state index in [2.05, 4.69) is 243 Å². The topological polar surface area (TPSA) is 34.1 Å². The average Bonchev–Trinajstić information content (AvgIpc) is 2.47. The van der Waals surface area contributed by atoms with E-state index >= 15 is 9.13 Å². The predicted octanol–water partition coefficient (Wildman–Crippen LogP) is 19.1. The van der Waals surface area contributed by atoms with E-state index in [-0.39, 0.29) is 0 Å². The highest BCUT2D eigenvalue weighted by Crippen LogP contribution is 2.50. The molecule has 0 atom stereocenters. The zero-order valence-corrected chi connectivity index (χ0v) is 47.5. The van der Waals surface area contributed by atoms with Gasteiger partial charge in [0.05, 0.1) is 0 Å². The van der Waals surface area contributed by atoms with Gasteiger partial charge in [-0.3, -0.25) is 0 Å². The van der Waals surface area contributed by atoms with Crippen LogP contribution >= 0.6 is 14.3 Å². The first kappa shape index (κ1) is 49.8. The van der Waals surface area contributed by atoms with E-state index in [1.165, 1.54) is 70.2 Å². The second-order valence-corrected chi connectivity index (χ2v) is 27.6. The lowest BCUT2D eigenvalue weighted by Crippen LogP contribution is -2.25. The molecular formula is C80H52O2P2. The first-order valence-corrected chi connectivity index (χ1v) is 32.1. The lowest BCUT2D eigenvalue weighted by molar-refractivity contribution is 0.591. The third-order valence-electron chi connectivity index (χ3n) is 17.6. The fraction of sp³-hybridized carbons (Fsp3) is 0. The third kappa shape index (κ3) is 7.94. The summed E-state index contributed by atoms with van der Waals surface area (Å²) in [5.74, 6) is 0. The van der Waals surface area contributed by atoms with Crippen LogP contribution in [0.2, 0.25) is 0 Å². The summed E-state index contributed by atoms with van der Waals surface area (Å²) in [4.78, 5) is 0. The van der Waals surface area contributed by atoms with Crippen LogP contribution in [0.15, 0.2) is 315 Å². The van der Waals surface area contributed by atoms with Crippen LogP contribution < -0.4 is 31.8 Å². The van der Waals surface area contributed by atoms with Crippen molar-refractivity contribution in [3.05, 3.63) is 315 Å². The Hall–Kier alpha value is -9.94. The molecule has 0 radical (unpaired) electrons. The molecule has 0 amide bonds. The second kappa shape index (κ2) is 19.9. The number of benzene rings is 16. The highest BCUT2D eigenvalue weighted by Gasteiger charge is 2.32. The van der Waals surface area contributed by atoms with Crippen LogP contribution in [0.3, 0.4) is 0 Å². The maximum atomic E-state index is 16.3. The molecule has 0 saturated heterocycles. The van der Waals surface area contributed by atoms with Gasteiger partial charge in [-0.1, -0.05) is 309 Å². The van der Waals surface area contributed by atoms with Gasteiger partial charge < -0.3 is 9.13 Å². The molecule has 0 saturated carbocycles. The molecule has 394 valence electrons. The molecule has 2 nitrogen and oxygen atoms in total. The van der Waals surface area contributed by atoms with E-state index in [4.69, 9.17) is 0 Å². The Morgan fingerprint density at radius 2 is 0.476 bits per heavy atom. The van der Waals surface area contributed by atoms with Crippen LogP contribution in [0.25, 0.3) is 120 Å². The summed E-state index contributed by atoms with van der Waals surface area (Å²) in [5.41, 5.74) is 11.1. The Morgan fingerprint density at radius 1 is 0.179 bits per heavy atom. The summed E-state index contributed by atoms with van der Waals surface area (Å²) in [7, 11) is -6.53. The van der Waals surface area contributed by atoms with Crippen LogP contribution in [0.4, 0.5) is 0 Å². The fourth-order valence-corrected chi connectivity index (χ4v) is 18.7. The van der Waals surface area contributed by atoms with E-state index in [0.29, 0.717) is 0 Å². The first-order valence-electron chi connectivity index (χ1n) is 28.7. The molecule has 0 aromatic heterocycles. The van der Waals surface area contributed by atoms with Crippen molar-refractivity contribution in [2.45, 2.75) is 0 Å². The fourth-order valence-electron chi connectivity index (χ4n) is 13.4. The average molecular weight is 1110 g/mol. The minimum absolute atomic E-state index is 0.783. The molecule has 0 fully saturated rings. The maximum Gasteiger partial charge on any atom is 0.171 e. The smallest absolute Gasteiger partial charge is 0.171 e. The van der Waals surface area contributed by atoms with Gasteiger partial charge in [-0.2, -0.15) is 0 Å². The molecule has 0 spiro atoms. The molecule has 16 aromatic rings. The summed E-state index contributed by atoms with van der Waals surface area (Å²) in [6.45, 7) is 0. The zero-order valence-electron chi connectivity index (χ0n) is 45.7. The van der Waals surface area contributed by atoms with Crippen molar-refractivity contribution in [2.24, 2.45) is 0 Å². The van der Waals surface area contributed by atoms with Gasteiger partial charge in [0.2, 0.25) is 0 Å². The lowest BCUT2D eigenvalue weighted by Gasteiger charge is -2.22. The van der Waals surface area contributed by atoms with Gasteiger partial charge >= 0.3 is 0 Å². The molecule has 0 bridgehead atoms. The zero-order chi connectivity index (χ0) is 55.9. The highest BCUT2D eigenvalue weighted by atomic mass is 31.2. The molecule has 0 aliphatic rings. The summed E-state index contributed by atoms with van der Waals surface area (Å²) >= 11 is 0. The molecule has 16 rings (SSSR count). The highest BCUT2D eigenvalue weighted by molar-refractivity contribution is 7.85. The lowest BCUT2D eigenvalue weighted by atomic mass is 9.83. The van der Waals surface area contributed by atoms with Crippen molar-refractivity contribution < 1.29 is 9.13 Å². The van der Waals surface area contributed by atoms with Crippen LogP contribution in [0.1, 0.15) is 0 Å². The predicted molar refractivity (Wildman–Crippen MR) is 360 cm³/mol. The first-order chi connectivity index (χ1) is 41.4. The van der Waals surface area contributed by atoms with Crippen molar-refractivity contribution in [3.8, 4) is 55.6 Å². The Kier molecular flexibility index (Phi) is 11.8. The summed E-state index contributed by atoms with van der Waals surface area (Å²) in [6, 6.07) is 111. The van der Waals surface area contributed by atoms with Crippen molar-refractivity contribution in [3.63, 3.8) is 0 Å². The molecule has 4 heteroatoms. The van der Waals surface area contributed by atoms with E-state index in [1.54, 1.807) is 0 Å². The summed E-state index contributed by atoms with van der Waals surface area (Å²) in [6.07, 6.45) is 0.